The van der Waals surface area contributed by atoms with Crippen LogP contribution in [-0.2, 0) is 0 Å². The van der Waals surface area contributed by atoms with Crippen LogP contribution in [0, 0.1) is 0 Å². The third-order valence-corrected chi connectivity index (χ3v) is 6.88. The van der Waals surface area contributed by atoms with Gasteiger partial charge >= 0.3 is 0 Å². The number of hydrogen-bond donors (Lipinski definition) is 2. The van der Waals surface area contributed by atoms with Crippen molar-refractivity contribution in [3.63, 3.8) is 0 Å². The predicted octanol–water partition coefficient (Wildman–Crippen LogP) is 7.15. The molecule has 0 fully saturated rings. The average Bonchev–Trinajstić information content (AvgIpc) is 2.77. The quantitative estimate of drug-likeness (QED) is 0.160. The van der Waals surface area contributed by atoms with Crippen molar-refractivity contribution in [3.8, 4) is 0 Å². The number of nitrogens with zero attached hydrogens (tertiary/aromatic N) is 1. The van der Waals surface area contributed by atoms with E-state index in [2.05, 4.69) is 0 Å². The molecule has 2 N–H and O–H groups in total. The summed E-state index contributed by atoms with van der Waals surface area (Å²) in [6.45, 7) is 0. The molecule has 0 unspecified atom stereocenters. The Morgan fingerprint density at radius 3 is 2.22 bits per heavy atom. The summed E-state index contributed by atoms with van der Waals surface area (Å²) in [6.07, 6.45) is -0.0762. The normalized spacial score (nSPS) is 11.2. The van der Waals surface area contributed by atoms with Gasteiger partial charge in [-0.3, -0.25) is 4.79 Å². The fourth-order valence-electron chi connectivity index (χ4n) is 3.42. The van der Waals surface area contributed by atoms with E-state index in [1.165, 1.54) is 11.9 Å². The third kappa shape index (κ3) is 5.26. The fraction of sp³-hybridized carbons (Fsp3) is 0.0417. The molecular formula is C24H18Cl2NO3PS. The number of hydrogen-bond acceptors (Lipinski definition) is 5. The van der Waals surface area contributed by atoms with E-state index in [-0.39, 0.29) is 12.1 Å². The summed E-state index contributed by atoms with van der Waals surface area (Å²) in [5, 5.41) is 2.69. The maximum atomic E-state index is 13.5. The zero-order valence-electron chi connectivity index (χ0n) is 16.7. The van der Waals surface area contributed by atoms with Gasteiger partial charge in [0.15, 0.2) is 14.2 Å². The second kappa shape index (κ2) is 10.2. The molecule has 4 nitrogen and oxygen atoms in total. The minimum Gasteiger partial charge on any atom is -0.349 e. The van der Waals surface area contributed by atoms with Gasteiger partial charge in [-0.2, -0.15) is 0 Å². The molecule has 32 heavy (non-hydrogen) atoms. The van der Waals surface area contributed by atoms with Gasteiger partial charge in [-0.25, -0.2) is 0 Å². The van der Waals surface area contributed by atoms with Crippen LogP contribution in [0.25, 0.3) is 10.8 Å². The minimum absolute atomic E-state index is 0.0762. The fourth-order valence-corrected chi connectivity index (χ4v) is 5.89. The van der Waals surface area contributed by atoms with Crippen molar-refractivity contribution in [1.29, 1.82) is 0 Å². The standard InChI is InChI=1S/C24H18Cl2NO3PS/c25-18-12-19(26)14-20(13-18)32-27(15-31(29)30)23-21-9-5-4-6-16(21)10-11-22(23)24(28)17-7-2-1-3-8-17/h1-14,29-30H,15H2. The number of halogens is 2. The summed E-state index contributed by atoms with van der Waals surface area (Å²) in [7, 11) is -2.29. The number of anilines is 1. The molecule has 0 aromatic heterocycles. The van der Waals surface area contributed by atoms with E-state index < -0.39 is 8.38 Å². The van der Waals surface area contributed by atoms with Gasteiger partial charge in [-0.05, 0) is 41.6 Å². The van der Waals surface area contributed by atoms with Crippen molar-refractivity contribution >= 4 is 65.8 Å². The lowest BCUT2D eigenvalue weighted by Gasteiger charge is -2.27. The summed E-state index contributed by atoms with van der Waals surface area (Å²) in [5.74, 6) is -0.152. The molecule has 0 heterocycles. The van der Waals surface area contributed by atoms with Gasteiger partial charge in [0.05, 0.1) is 12.0 Å². The zero-order valence-corrected chi connectivity index (χ0v) is 19.9. The van der Waals surface area contributed by atoms with Gasteiger partial charge in [0.2, 0.25) is 0 Å². The van der Waals surface area contributed by atoms with E-state index in [9.17, 15) is 14.6 Å². The van der Waals surface area contributed by atoms with Gasteiger partial charge in [0, 0.05) is 31.5 Å². The van der Waals surface area contributed by atoms with Gasteiger partial charge in [0.25, 0.3) is 0 Å². The highest BCUT2D eigenvalue weighted by Gasteiger charge is 2.23. The monoisotopic (exact) mass is 501 g/mol. The molecule has 4 aromatic carbocycles. The Balaban J connectivity index is 1.90. The van der Waals surface area contributed by atoms with Gasteiger partial charge in [0.1, 0.15) is 0 Å². The predicted molar refractivity (Wildman–Crippen MR) is 135 cm³/mol. The van der Waals surface area contributed by atoms with Crippen molar-refractivity contribution in [2.24, 2.45) is 0 Å². The van der Waals surface area contributed by atoms with E-state index in [1.807, 2.05) is 48.5 Å². The molecule has 0 bridgehead atoms. The number of benzene rings is 4. The van der Waals surface area contributed by atoms with E-state index in [1.54, 1.807) is 40.7 Å². The average molecular weight is 502 g/mol. The highest BCUT2D eigenvalue weighted by Crippen LogP contribution is 2.42. The lowest BCUT2D eigenvalue weighted by Crippen LogP contribution is -2.19. The van der Waals surface area contributed by atoms with Crippen LogP contribution in [-0.4, -0.2) is 21.9 Å². The Morgan fingerprint density at radius 2 is 1.53 bits per heavy atom. The van der Waals surface area contributed by atoms with Crippen LogP contribution in [0.5, 0.6) is 0 Å². The van der Waals surface area contributed by atoms with Crippen molar-refractivity contribution < 1.29 is 14.6 Å². The van der Waals surface area contributed by atoms with Crippen molar-refractivity contribution in [2.75, 3.05) is 10.6 Å². The lowest BCUT2D eigenvalue weighted by atomic mass is 9.97. The zero-order chi connectivity index (χ0) is 22.7. The summed E-state index contributed by atoms with van der Waals surface area (Å²) >= 11 is 13.6. The Bertz CT molecular complexity index is 1250. The second-order valence-electron chi connectivity index (χ2n) is 6.97. The van der Waals surface area contributed by atoms with Crippen molar-refractivity contribution in [1.82, 2.24) is 0 Å². The van der Waals surface area contributed by atoms with Gasteiger partial charge < -0.3 is 14.1 Å². The van der Waals surface area contributed by atoms with Crippen LogP contribution in [0.15, 0.2) is 89.8 Å². The van der Waals surface area contributed by atoms with Crippen molar-refractivity contribution in [3.05, 3.63) is 106 Å². The molecule has 0 radical (unpaired) electrons. The highest BCUT2D eigenvalue weighted by atomic mass is 35.5. The van der Waals surface area contributed by atoms with E-state index >= 15 is 0 Å². The summed E-state index contributed by atoms with van der Waals surface area (Å²) < 4.78 is 1.73. The number of carbonyl (C=O) groups excluding carboxylic acids is 1. The van der Waals surface area contributed by atoms with Crippen LogP contribution in [0.2, 0.25) is 10.0 Å². The number of rotatable bonds is 7. The Labute approximate surface area is 201 Å². The van der Waals surface area contributed by atoms with Crippen LogP contribution in [0.4, 0.5) is 5.69 Å². The van der Waals surface area contributed by atoms with Crippen molar-refractivity contribution in [2.45, 2.75) is 4.90 Å². The van der Waals surface area contributed by atoms with E-state index in [4.69, 9.17) is 23.2 Å². The Kier molecular flexibility index (Phi) is 7.37. The lowest BCUT2D eigenvalue weighted by molar-refractivity contribution is 0.103. The van der Waals surface area contributed by atoms with Crippen LogP contribution in [0.3, 0.4) is 0 Å². The largest absolute Gasteiger partial charge is 0.349 e. The van der Waals surface area contributed by atoms with Gasteiger partial charge in [-0.15, -0.1) is 0 Å². The van der Waals surface area contributed by atoms with Crippen LogP contribution < -0.4 is 4.31 Å². The van der Waals surface area contributed by atoms with Crippen LogP contribution >= 0.6 is 43.5 Å². The van der Waals surface area contributed by atoms with E-state index in [0.29, 0.717) is 31.8 Å². The first-order valence-corrected chi connectivity index (χ1v) is 12.6. The molecule has 0 spiro atoms. The smallest absolute Gasteiger partial charge is 0.195 e. The second-order valence-corrected chi connectivity index (χ2v) is 9.96. The molecule has 162 valence electrons. The molecule has 0 aliphatic rings. The summed E-state index contributed by atoms with van der Waals surface area (Å²) in [6, 6.07) is 25.5. The van der Waals surface area contributed by atoms with E-state index in [0.717, 1.165) is 10.8 Å². The molecular weight excluding hydrogens is 484 g/mol. The number of ketones is 1. The third-order valence-electron chi connectivity index (χ3n) is 4.74. The Morgan fingerprint density at radius 1 is 0.875 bits per heavy atom. The molecule has 0 saturated heterocycles. The SMILES string of the molecule is O=C(c1ccccc1)c1ccc2ccccc2c1N(CP(O)O)Sc1cc(Cl)cc(Cl)c1. The molecule has 0 atom stereocenters. The summed E-state index contributed by atoms with van der Waals surface area (Å²) in [4.78, 5) is 34.0. The first-order chi connectivity index (χ1) is 15.4. The molecule has 0 aliphatic carbocycles. The molecule has 0 amide bonds. The first-order valence-electron chi connectivity index (χ1n) is 9.61. The van der Waals surface area contributed by atoms with Gasteiger partial charge in [-0.1, -0.05) is 83.9 Å². The molecule has 0 aliphatic heterocycles. The maximum absolute atomic E-state index is 13.5. The maximum Gasteiger partial charge on any atom is 0.195 e. The number of fused-ring (bicyclic) bond motifs is 1. The highest BCUT2D eigenvalue weighted by molar-refractivity contribution is 8.01. The topological polar surface area (TPSA) is 60.8 Å². The molecule has 0 saturated carbocycles. The molecule has 8 heteroatoms. The first kappa shape index (κ1) is 23.1. The molecule has 4 rings (SSSR count). The Hall–Kier alpha value is -2.11. The summed E-state index contributed by atoms with van der Waals surface area (Å²) in [5.41, 5.74) is 1.62. The molecule has 4 aromatic rings. The minimum atomic E-state index is -2.29. The number of carbonyl (C=O) groups is 1. The van der Waals surface area contributed by atoms with Crippen LogP contribution in [0.1, 0.15) is 15.9 Å².